The zero-order valence-electron chi connectivity index (χ0n) is 13.8. The molecule has 0 saturated heterocycles. The molecule has 0 unspecified atom stereocenters. The van der Waals surface area contributed by atoms with Crippen molar-refractivity contribution in [2.75, 3.05) is 0 Å². The van der Waals surface area contributed by atoms with Crippen molar-refractivity contribution in [2.45, 2.75) is 19.6 Å². The van der Waals surface area contributed by atoms with E-state index in [0.717, 1.165) is 17.8 Å². The highest BCUT2D eigenvalue weighted by atomic mass is 35.5. The first-order chi connectivity index (χ1) is 12.7. The van der Waals surface area contributed by atoms with E-state index in [1.807, 2.05) is 0 Å². The number of alkyl halides is 3. The van der Waals surface area contributed by atoms with Crippen LogP contribution in [0.25, 0.3) is 11.4 Å². The van der Waals surface area contributed by atoms with Gasteiger partial charge in [0.1, 0.15) is 5.82 Å². The molecule has 1 N–H and O–H groups in total. The van der Waals surface area contributed by atoms with E-state index < -0.39 is 28.6 Å². The van der Waals surface area contributed by atoms with E-state index in [0.29, 0.717) is 16.4 Å². The molecule has 0 aliphatic heterocycles. The molecule has 10 heteroatoms. The minimum Gasteiger partial charge on any atom is -0.306 e. The lowest BCUT2D eigenvalue weighted by Crippen LogP contribution is -2.29. The van der Waals surface area contributed by atoms with Gasteiger partial charge in [0.05, 0.1) is 18.4 Å². The van der Waals surface area contributed by atoms with Crippen LogP contribution in [-0.2, 0) is 12.7 Å². The van der Waals surface area contributed by atoms with Crippen LogP contribution >= 0.6 is 11.6 Å². The molecule has 1 aromatic carbocycles. The lowest BCUT2D eigenvalue weighted by molar-refractivity contribution is -0.141. The van der Waals surface area contributed by atoms with Crippen molar-refractivity contribution in [3.05, 3.63) is 79.3 Å². The third-order valence-electron chi connectivity index (χ3n) is 3.86. The molecule has 6 nitrogen and oxygen atoms in total. The smallest absolute Gasteiger partial charge is 0.306 e. The van der Waals surface area contributed by atoms with Crippen LogP contribution in [0.5, 0.6) is 0 Å². The molecular formula is C17H12ClF3N4O2. The summed E-state index contributed by atoms with van der Waals surface area (Å²) >= 11 is 5.81. The lowest BCUT2D eigenvalue weighted by atomic mass is 10.2. The molecule has 3 aromatic rings. The minimum atomic E-state index is -4.72. The average molecular weight is 397 g/mol. The van der Waals surface area contributed by atoms with Crippen LogP contribution in [0.3, 0.4) is 0 Å². The number of hydrogen-bond acceptors (Lipinski definition) is 4. The van der Waals surface area contributed by atoms with Gasteiger partial charge >= 0.3 is 6.18 Å². The Morgan fingerprint density at radius 3 is 2.41 bits per heavy atom. The predicted octanol–water partition coefficient (Wildman–Crippen LogP) is 3.02. The first kappa shape index (κ1) is 18.8. The molecule has 0 amide bonds. The fourth-order valence-corrected chi connectivity index (χ4v) is 2.59. The fraction of sp³-hybridized carbons (Fsp3) is 0.176. The number of rotatable bonds is 3. The lowest BCUT2D eigenvalue weighted by Gasteiger charge is -2.11. The first-order valence-electron chi connectivity index (χ1n) is 7.64. The molecule has 2 heterocycles. The van der Waals surface area contributed by atoms with Crippen molar-refractivity contribution < 1.29 is 13.2 Å². The highest BCUT2D eigenvalue weighted by molar-refractivity contribution is 6.30. The summed E-state index contributed by atoms with van der Waals surface area (Å²) in [6.07, 6.45) is -2.69. The predicted molar refractivity (Wildman–Crippen MR) is 92.6 cm³/mol. The van der Waals surface area contributed by atoms with E-state index in [1.54, 1.807) is 24.3 Å². The van der Waals surface area contributed by atoms with E-state index in [2.05, 4.69) is 15.0 Å². The summed E-state index contributed by atoms with van der Waals surface area (Å²) in [4.78, 5) is 34.4. The summed E-state index contributed by atoms with van der Waals surface area (Å²) in [5, 5.41) is 0.530. The van der Waals surface area contributed by atoms with Crippen molar-refractivity contribution in [1.29, 1.82) is 0 Å². The molecule has 0 fully saturated rings. The topological polar surface area (TPSA) is 80.6 Å². The van der Waals surface area contributed by atoms with Crippen LogP contribution in [-0.4, -0.2) is 19.5 Å². The van der Waals surface area contributed by atoms with E-state index >= 15 is 0 Å². The SMILES string of the molecule is Cc1c(C(F)(F)F)ncn(Cc2cnc(-c3ccc(Cl)cc3)[nH]c2=O)c1=O. The third kappa shape index (κ3) is 3.92. The summed E-state index contributed by atoms with van der Waals surface area (Å²) in [6, 6.07) is 6.63. The van der Waals surface area contributed by atoms with Crippen molar-refractivity contribution >= 4 is 11.6 Å². The van der Waals surface area contributed by atoms with E-state index in [-0.39, 0.29) is 12.1 Å². The summed E-state index contributed by atoms with van der Waals surface area (Å²) < 4.78 is 39.3. The van der Waals surface area contributed by atoms with Crippen LogP contribution < -0.4 is 11.1 Å². The number of hydrogen-bond donors (Lipinski definition) is 1. The van der Waals surface area contributed by atoms with Crippen LogP contribution in [0.1, 0.15) is 16.8 Å². The van der Waals surface area contributed by atoms with Gasteiger partial charge in [-0.2, -0.15) is 13.2 Å². The average Bonchev–Trinajstić information content (AvgIpc) is 2.60. The molecule has 0 atom stereocenters. The maximum Gasteiger partial charge on any atom is 0.433 e. The Morgan fingerprint density at radius 1 is 1.15 bits per heavy atom. The second kappa shape index (κ2) is 6.99. The molecule has 140 valence electrons. The largest absolute Gasteiger partial charge is 0.433 e. The van der Waals surface area contributed by atoms with Crippen molar-refractivity contribution in [2.24, 2.45) is 0 Å². The minimum absolute atomic E-state index is 0.107. The summed E-state index contributed by atoms with van der Waals surface area (Å²) in [5.41, 5.74) is -2.43. The first-order valence-corrected chi connectivity index (χ1v) is 8.02. The van der Waals surface area contributed by atoms with Gasteiger partial charge in [-0.1, -0.05) is 11.6 Å². The molecule has 0 saturated carbocycles. The number of halogens is 4. The maximum atomic E-state index is 12.8. The van der Waals surface area contributed by atoms with E-state index in [1.165, 1.54) is 6.20 Å². The molecule has 27 heavy (non-hydrogen) atoms. The Kier molecular flexibility index (Phi) is 4.88. The second-order valence-corrected chi connectivity index (χ2v) is 6.18. The van der Waals surface area contributed by atoms with Crippen molar-refractivity contribution in [3.8, 4) is 11.4 Å². The molecule has 0 radical (unpaired) electrons. The molecule has 2 aromatic heterocycles. The number of nitrogens with zero attached hydrogens (tertiary/aromatic N) is 3. The van der Waals surface area contributed by atoms with Crippen LogP contribution in [0.2, 0.25) is 5.02 Å². The standard InChI is InChI=1S/C17H12ClF3N4O2/c1-9-13(17(19,20)21)23-8-25(16(9)27)7-11-6-22-14(24-15(11)26)10-2-4-12(18)5-3-10/h2-6,8H,7H2,1H3,(H,22,24,26). The number of aromatic amines is 1. The Morgan fingerprint density at radius 2 is 1.81 bits per heavy atom. The zero-order valence-corrected chi connectivity index (χ0v) is 14.6. The molecule has 0 bridgehead atoms. The molecule has 0 spiro atoms. The number of benzene rings is 1. The third-order valence-corrected chi connectivity index (χ3v) is 4.11. The van der Waals surface area contributed by atoms with Gasteiger partial charge in [-0.3, -0.25) is 14.2 Å². The van der Waals surface area contributed by atoms with Gasteiger partial charge in [0.2, 0.25) is 0 Å². The van der Waals surface area contributed by atoms with Crippen LogP contribution in [0.15, 0.2) is 46.4 Å². The van der Waals surface area contributed by atoms with Crippen molar-refractivity contribution in [3.63, 3.8) is 0 Å². The normalized spacial score (nSPS) is 11.6. The number of aromatic nitrogens is 4. The monoisotopic (exact) mass is 396 g/mol. The van der Waals surface area contributed by atoms with Gasteiger partial charge in [0.25, 0.3) is 11.1 Å². The van der Waals surface area contributed by atoms with E-state index in [4.69, 9.17) is 11.6 Å². The molecular weight excluding hydrogens is 385 g/mol. The zero-order chi connectivity index (χ0) is 19.8. The fourth-order valence-electron chi connectivity index (χ4n) is 2.46. The van der Waals surface area contributed by atoms with Gasteiger partial charge in [-0.05, 0) is 31.2 Å². The number of H-pyrrole nitrogens is 1. The van der Waals surface area contributed by atoms with Gasteiger partial charge in [-0.25, -0.2) is 9.97 Å². The van der Waals surface area contributed by atoms with E-state index in [9.17, 15) is 22.8 Å². The Balaban J connectivity index is 1.93. The summed E-state index contributed by atoms with van der Waals surface area (Å²) in [5.74, 6) is 0.300. The highest BCUT2D eigenvalue weighted by Gasteiger charge is 2.35. The second-order valence-electron chi connectivity index (χ2n) is 5.74. The van der Waals surface area contributed by atoms with Gasteiger partial charge in [0, 0.05) is 22.3 Å². The molecule has 0 aliphatic carbocycles. The van der Waals surface area contributed by atoms with Crippen LogP contribution in [0.4, 0.5) is 13.2 Å². The maximum absolute atomic E-state index is 12.8. The van der Waals surface area contributed by atoms with Crippen molar-refractivity contribution in [1.82, 2.24) is 19.5 Å². The Labute approximate surface area is 155 Å². The number of nitrogens with one attached hydrogen (secondary N) is 1. The summed E-state index contributed by atoms with van der Waals surface area (Å²) in [7, 11) is 0. The Bertz CT molecular complexity index is 1100. The van der Waals surface area contributed by atoms with Crippen LogP contribution in [0, 0.1) is 6.92 Å². The molecule has 3 rings (SSSR count). The highest BCUT2D eigenvalue weighted by Crippen LogP contribution is 2.28. The quantitative estimate of drug-likeness (QED) is 0.738. The van der Waals surface area contributed by atoms with Gasteiger partial charge in [-0.15, -0.1) is 0 Å². The van der Waals surface area contributed by atoms with Gasteiger partial charge < -0.3 is 4.98 Å². The van der Waals surface area contributed by atoms with Gasteiger partial charge in [0.15, 0.2) is 5.69 Å². The Hall–Kier alpha value is -2.94. The molecule has 0 aliphatic rings. The summed E-state index contributed by atoms with van der Waals surface area (Å²) in [6.45, 7) is 0.787.